The van der Waals surface area contributed by atoms with Crippen molar-refractivity contribution in [2.45, 2.75) is 96.5 Å². The second-order valence-corrected chi connectivity index (χ2v) is 8.42. The van der Waals surface area contributed by atoms with Gasteiger partial charge in [0.25, 0.3) is 0 Å². The molecule has 3 aliphatic rings. The van der Waals surface area contributed by atoms with Crippen LogP contribution in [0.1, 0.15) is 60.8 Å². The Morgan fingerprint density at radius 3 is 2.54 bits per heavy atom. The minimum Gasteiger partial charge on any atom is -0.466 e. The molecule has 150 valence electrons. The Hall–Kier alpha value is -0.730. The maximum absolute atomic E-state index is 11.1. The lowest BCUT2D eigenvalue weighted by molar-refractivity contribution is -0.285. The predicted octanol–water partition coefficient (Wildman–Crippen LogP) is 2.75. The molecule has 0 spiro atoms. The SMILES string of the molecule is CC[C@@H](CC[C@@]12OC[C@H]3OC(C)(C)O[C@H]3[C@@H]1OC(C)(C)O2)COC(C)=O. The second kappa shape index (κ2) is 7.02. The number of carbonyl (C=O) groups is 1. The van der Waals surface area contributed by atoms with Crippen LogP contribution in [-0.4, -0.2) is 54.9 Å². The van der Waals surface area contributed by atoms with Crippen LogP contribution >= 0.6 is 0 Å². The highest BCUT2D eigenvalue weighted by Gasteiger charge is 2.64. The number of esters is 1. The maximum atomic E-state index is 11.1. The van der Waals surface area contributed by atoms with Gasteiger partial charge in [-0.25, -0.2) is 0 Å². The smallest absolute Gasteiger partial charge is 0.302 e. The summed E-state index contributed by atoms with van der Waals surface area (Å²) in [6.45, 7) is 11.9. The van der Waals surface area contributed by atoms with Crippen molar-refractivity contribution in [3.05, 3.63) is 0 Å². The van der Waals surface area contributed by atoms with Gasteiger partial charge in [-0.3, -0.25) is 4.79 Å². The van der Waals surface area contributed by atoms with Crippen LogP contribution in [0.3, 0.4) is 0 Å². The van der Waals surface area contributed by atoms with E-state index in [-0.39, 0.29) is 30.2 Å². The van der Waals surface area contributed by atoms with E-state index in [1.807, 2.05) is 27.7 Å². The van der Waals surface area contributed by atoms with Crippen LogP contribution in [-0.2, 0) is 33.2 Å². The fourth-order valence-corrected chi connectivity index (χ4v) is 4.11. The van der Waals surface area contributed by atoms with E-state index in [4.69, 9.17) is 28.4 Å². The van der Waals surface area contributed by atoms with Gasteiger partial charge in [0.1, 0.15) is 18.3 Å². The van der Waals surface area contributed by atoms with Crippen molar-refractivity contribution in [1.29, 1.82) is 0 Å². The summed E-state index contributed by atoms with van der Waals surface area (Å²) in [5.41, 5.74) is 0. The normalized spacial score (nSPS) is 38.5. The van der Waals surface area contributed by atoms with Crippen molar-refractivity contribution in [1.82, 2.24) is 0 Å². The number of hydrogen-bond acceptors (Lipinski definition) is 7. The summed E-state index contributed by atoms with van der Waals surface area (Å²) in [5, 5.41) is 0. The van der Waals surface area contributed by atoms with Crippen LogP contribution < -0.4 is 0 Å². The van der Waals surface area contributed by atoms with Gasteiger partial charge in [0, 0.05) is 13.3 Å². The van der Waals surface area contributed by atoms with E-state index in [2.05, 4.69) is 6.92 Å². The van der Waals surface area contributed by atoms with E-state index in [0.29, 0.717) is 19.6 Å². The molecule has 0 aromatic rings. The van der Waals surface area contributed by atoms with Gasteiger partial charge < -0.3 is 28.4 Å². The molecule has 0 amide bonds. The van der Waals surface area contributed by atoms with Crippen LogP contribution in [0, 0.1) is 5.92 Å². The van der Waals surface area contributed by atoms with Crippen molar-refractivity contribution < 1.29 is 33.2 Å². The van der Waals surface area contributed by atoms with Crippen LogP contribution in [0.5, 0.6) is 0 Å². The molecule has 0 aromatic carbocycles. The summed E-state index contributed by atoms with van der Waals surface area (Å²) < 4.78 is 35.9. The van der Waals surface area contributed by atoms with Crippen LogP contribution in [0.25, 0.3) is 0 Å². The molecular weight excluding hydrogens is 340 g/mol. The van der Waals surface area contributed by atoms with Gasteiger partial charge in [0.05, 0.1) is 13.2 Å². The highest BCUT2D eigenvalue weighted by Crippen LogP contribution is 2.49. The zero-order valence-electron chi connectivity index (χ0n) is 16.7. The summed E-state index contributed by atoms with van der Waals surface area (Å²) in [7, 11) is 0. The minimum atomic E-state index is -0.863. The molecule has 7 heteroatoms. The van der Waals surface area contributed by atoms with Gasteiger partial charge in [-0.1, -0.05) is 13.3 Å². The Bertz CT molecular complexity index is 532. The number of rotatable bonds is 6. The summed E-state index contributed by atoms with van der Waals surface area (Å²) in [5.74, 6) is -2.28. The monoisotopic (exact) mass is 372 g/mol. The van der Waals surface area contributed by atoms with E-state index >= 15 is 0 Å². The van der Waals surface area contributed by atoms with E-state index in [1.165, 1.54) is 6.92 Å². The average Bonchev–Trinajstić information content (AvgIpc) is 2.98. The van der Waals surface area contributed by atoms with Crippen LogP contribution in [0.15, 0.2) is 0 Å². The molecule has 3 fully saturated rings. The van der Waals surface area contributed by atoms with Gasteiger partial charge in [-0.05, 0) is 40.0 Å². The Balaban J connectivity index is 1.72. The molecule has 0 N–H and O–H groups in total. The number of fused-ring (bicyclic) bond motifs is 3. The first kappa shape index (κ1) is 20.0. The zero-order chi connectivity index (χ0) is 19.2. The summed E-state index contributed by atoms with van der Waals surface area (Å²) in [4.78, 5) is 11.1. The lowest BCUT2D eigenvalue weighted by Gasteiger charge is -2.41. The highest BCUT2D eigenvalue weighted by atomic mass is 16.9. The minimum absolute atomic E-state index is 0.163. The Kier molecular flexibility index (Phi) is 5.40. The van der Waals surface area contributed by atoms with Gasteiger partial charge >= 0.3 is 5.97 Å². The van der Waals surface area contributed by atoms with E-state index < -0.39 is 17.4 Å². The molecule has 7 nitrogen and oxygen atoms in total. The lowest BCUT2D eigenvalue weighted by atomic mass is 9.90. The molecular formula is C19H32O7. The zero-order valence-corrected chi connectivity index (χ0v) is 16.7. The summed E-state index contributed by atoms with van der Waals surface area (Å²) >= 11 is 0. The van der Waals surface area contributed by atoms with Crippen molar-refractivity contribution in [3.8, 4) is 0 Å². The molecule has 0 bridgehead atoms. The molecule has 0 aliphatic carbocycles. The van der Waals surface area contributed by atoms with Crippen molar-refractivity contribution in [3.63, 3.8) is 0 Å². The molecule has 3 saturated heterocycles. The van der Waals surface area contributed by atoms with E-state index in [0.717, 1.165) is 12.8 Å². The first-order valence-corrected chi connectivity index (χ1v) is 9.57. The quantitative estimate of drug-likeness (QED) is 0.664. The highest BCUT2D eigenvalue weighted by molar-refractivity contribution is 5.65. The average molecular weight is 372 g/mol. The largest absolute Gasteiger partial charge is 0.466 e. The van der Waals surface area contributed by atoms with E-state index in [9.17, 15) is 4.79 Å². The fourth-order valence-electron chi connectivity index (χ4n) is 4.11. The molecule has 0 saturated carbocycles. The van der Waals surface area contributed by atoms with Gasteiger partial charge in [0.15, 0.2) is 11.6 Å². The maximum Gasteiger partial charge on any atom is 0.302 e. The summed E-state index contributed by atoms with van der Waals surface area (Å²) in [6.07, 6.45) is 1.62. The van der Waals surface area contributed by atoms with Gasteiger partial charge in [0.2, 0.25) is 5.79 Å². The summed E-state index contributed by atoms with van der Waals surface area (Å²) in [6, 6.07) is 0. The molecule has 5 atom stereocenters. The Morgan fingerprint density at radius 1 is 1.15 bits per heavy atom. The Morgan fingerprint density at radius 2 is 1.88 bits per heavy atom. The first-order valence-electron chi connectivity index (χ1n) is 9.57. The molecule has 3 heterocycles. The topological polar surface area (TPSA) is 72.5 Å². The molecule has 0 unspecified atom stereocenters. The van der Waals surface area contributed by atoms with Crippen molar-refractivity contribution in [2.24, 2.45) is 5.92 Å². The van der Waals surface area contributed by atoms with Gasteiger partial charge in [-0.2, -0.15) is 0 Å². The third-order valence-electron chi connectivity index (χ3n) is 5.28. The molecule has 0 radical (unpaired) electrons. The third kappa shape index (κ3) is 4.07. The van der Waals surface area contributed by atoms with Gasteiger partial charge in [-0.15, -0.1) is 0 Å². The molecule has 3 rings (SSSR count). The van der Waals surface area contributed by atoms with Crippen LogP contribution in [0.2, 0.25) is 0 Å². The third-order valence-corrected chi connectivity index (χ3v) is 5.28. The molecule has 26 heavy (non-hydrogen) atoms. The predicted molar refractivity (Wildman–Crippen MR) is 92.2 cm³/mol. The fraction of sp³-hybridized carbons (Fsp3) is 0.947. The molecule has 0 aromatic heterocycles. The number of hydrogen-bond donors (Lipinski definition) is 0. The first-order chi connectivity index (χ1) is 12.1. The molecule has 3 aliphatic heterocycles. The van der Waals surface area contributed by atoms with Crippen LogP contribution in [0.4, 0.5) is 0 Å². The van der Waals surface area contributed by atoms with E-state index in [1.54, 1.807) is 0 Å². The second-order valence-electron chi connectivity index (χ2n) is 8.42. The van der Waals surface area contributed by atoms with Crippen molar-refractivity contribution in [2.75, 3.05) is 13.2 Å². The standard InChI is InChI=1S/C19H32O7/c1-7-13(10-21-12(2)20)8-9-19-16(25-18(5,6)26-19)15-14(11-22-19)23-17(3,4)24-15/h13-16H,7-11H2,1-6H3/t13-,14+,15+,16-,19-/m0/s1. The Labute approximate surface area is 155 Å². The van der Waals surface area contributed by atoms with Crippen molar-refractivity contribution >= 4 is 5.97 Å². The number of carbonyl (C=O) groups excluding carboxylic acids is 1. The number of ether oxygens (including phenoxy) is 6. The lowest BCUT2D eigenvalue weighted by Crippen LogP contribution is -2.58.